The van der Waals surface area contributed by atoms with Crippen LogP contribution in [0.4, 0.5) is 13.2 Å². The van der Waals surface area contributed by atoms with Crippen molar-refractivity contribution in [2.75, 3.05) is 26.2 Å². The van der Waals surface area contributed by atoms with Crippen LogP contribution in [0.15, 0.2) is 43.1 Å². The van der Waals surface area contributed by atoms with Crippen molar-refractivity contribution in [2.24, 2.45) is 0 Å². The maximum atomic E-state index is 13.5. The van der Waals surface area contributed by atoms with Crippen LogP contribution in [0.25, 0.3) is 22.3 Å². The molecule has 1 aliphatic heterocycles. The predicted molar refractivity (Wildman–Crippen MR) is 150 cm³/mol. The summed E-state index contributed by atoms with van der Waals surface area (Å²) < 4.78 is 48.2. The molecule has 4 aromatic rings. The quantitative estimate of drug-likeness (QED) is 0.235. The molecule has 43 heavy (non-hydrogen) atoms. The molecule has 226 valence electrons. The van der Waals surface area contributed by atoms with Crippen molar-refractivity contribution in [3.05, 3.63) is 54.4 Å². The van der Waals surface area contributed by atoms with E-state index in [2.05, 4.69) is 41.3 Å². The number of pyridine rings is 1. The molecule has 14 heteroatoms. The van der Waals surface area contributed by atoms with Gasteiger partial charge in [0.15, 0.2) is 0 Å². The first-order valence-corrected chi connectivity index (χ1v) is 14.3. The zero-order valence-corrected chi connectivity index (χ0v) is 23.4. The Kier molecular flexibility index (Phi) is 8.04. The maximum absolute atomic E-state index is 13.5. The molecule has 3 N–H and O–H groups in total. The van der Waals surface area contributed by atoms with E-state index in [1.807, 2.05) is 23.1 Å². The lowest BCUT2D eigenvalue weighted by atomic mass is 9.69. The third kappa shape index (κ3) is 6.06. The average Bonchev–Trinajstić information content (AvgIpc) is 3.65. The van der Waals surface area contributed by atoms with Gasteiger partial charge in [0, 0.05) is 61.6 Å². The van der Waals surface area contributed by atoms with Gasteiger partial charge in [-0.3, -0.25) is 9.58 Å². The number of likely N-dealkylation sites (tertiary alicyclic amines) is 1. The van der Waals surface area contributed by atoms with Crippen LogP contribution in [0.3, 0.4) is 0 Å². The van der Waals surface area contributed by atoms with Crippen molar-refractivity contribution in [1.82, 2.24) is 39.9 Å². The molecule has 0 unspecified atom stereocenters. The molecule has 0 bridgehead atoms. The summed E-state index contributed by atoms with van der Waals surface area (Å²) in [6, 6.07) is 7.07. The third-order valence-corrected chi connectivity index (χ3v) is 8.39. The third-order valence-electron chi connectivity index (χ3n) is 8.39. The lowest BCUT2D eigenvalue weighted by molar-refractivity contribution is -0.141. The first kappa shape index (κ1) is 29.0. The lowest BCUT2D eigenvalue weighted by Crippen LogP contribution is -2.58. The number of aliphatic hydroxyl groups excluding tert-OH is 1. The molecular weight excluding hydrogens is 563 g/mol. The number of H-pyrrole nitrogens is 1. The van der Waals surface area contributed by atoms with Gasteiger partial charge in [-0.1, -0.05) is 0 Å². The highest BCUT2D eigenvalue weighted by atomic mass is 19.4. The average molecular weight is 596 g/mol. The van der Waals surface area contributed by atoms with Gasteiger partial charge in [-0.25, -0.2) is 15.0 Å². The highest BCUT2D eigenvalue weighted by molar-refractivity contribution is 5.90. The van der Waals surface area contributed by atoms with Gasteiger partial charge in [0.25, 0.3) is 0 Å². The number of aromatic amines is 1. The molecular formula is C29H32F3N9O2. The zero-order chi connectivity index (χ0) is 30.0. The van der Waals surface area contributed by atoms with Crippen LogP contribution in [0.1, 0.15) is 43.4 Å². The van der Waals surface area contributed by atoms with Gasteiger partial charge in [0.05, 0.1) is 36.5 Å². The van der Waals surface area contributed by atoms with Crippen LogP contribution in [0.2, 0.25) is 0 Å². The number of fused-ring (bicyclic) bond motifs is 1. The Bertz CT molecular complexity index is 1600. The summed E-state index contributed by atoms with van der Waals surface area (Å²) in [5, 5.41) is 27.0. The maximum Gasteiger partial charge on any atom is 0.433 e. The van der Waals surface area contributed by atoms with Crippen molar-refractivity contribution in [3.63, 3.8) is 0 Å². The number of piperidine rings is 1. The Labute approximate surface area is 245 Å². The molecule has 0 aromatic carbocycles. The molecule has 0 atom stereocenters. The Morgan fingerprint density at radius 3 is 2.77 bits per heavy atom. The number of hydrogen-bond donors (Lipinski definition) is 3. The first-order chi connectivity index (χ1) is 20.8. The summed E-state index contributed by atoms with van der Waals surface area (Å²) in [6.45, 7) is 1.80. The van der Waals surface area contributed by atoms with E-state index in [9.17, 15) is 18.4 Å². The number of nitrogens with zero attached hydrogens (tertiary/aromatic N) is 7. The van der Waals surface area contributed by atoms with E-state index in [1.165, 1.54) is 12.4 Å². The molecule has 0 spiro atoms. The number of halogens is 3. The van der Waals surface area contributed by atoms with E-state index in [-0.39, 0.29) is 37.7 Å². The number of nitrogens with one attached hydrogen (secondary N) is 2. The highest BCUT2D eigenvalue weighted by Crippen LogP contribution is 2.45. The van der Waals surface area contributed by atoms with Crippen molar-refractivity contribution >= 4 is 11.0 Å². The number of alkyl halides is 3. The number of hydrogen-bond acceptors (Lipinski definition) is 9. The van der Waals surface area contributed by atoms with Crippen LogP contribution in [-0.4, -0.2) is 78.1 Å². The molecule has 0 radical (unpaired) electrons. The van der Waals surface area contributed by atoms with Crippen LogP contribution in [0.5, 0.6) is 5.88 Å². The topological polar surface area (TPSA) is 141 Å². The zero-order valence-electron chi connectivity index (χ0n) is 23.4. The predicted octanol–water partition coefficient (Wildman–Crippen LogP) is 3.63. The Morgan fingerprint density at radius 1 is 1.21 bits per heavy atom. The second kappa shape index (κ2) is 11.9. The van der Waals surface area contributed by atoms with E-state index >= 15 is 0 Å². The number of ether oxygens (including phenoxy) is 1. The first-order valence-electron chi connectivity index (χ1n) is 14.3. The summed E-state index contributed by atoms with van der Waals surface area (Å²) in [4.78, 5) is 17.9. The molecule has 11 nitrogen and oxygen atoms in total. The summed E-state index contributed by atoms with van der Waals surface area (Å²) >= 11 is 0. The normalized spacial score (nSPS) is 21.5. The Morgan fingerprint density at radius 2 is 2.02 bits per heavy atom. The van der Waals surface area contributed by atoms with Gasteiger partial charge >= 0.3 is 6.18 Å². The summed E-state index contributed by atoms with van der Waals surface area (Å²) in [5.74, 6) is -0.0409. The fraction of sp³-hybridized carbons (Fsp3) is 0.483. The molecule has 2 aliphatic rings. The minimum atomic E-state index is -4.59. The van der Waals surface area contributed by atoms with Gasteiger partial charge in [-0.15, -0.1) is 0 Å². The second-order valence-corrected chi connectivity index (χ2v) is 11.2. The van der Waals surface area contributed by atoms with E-state index in [0.29, 0.717) is 24.8 Å². The smallest absolute Gasteiger partial charge is 0.433 e. The van der Waals surface area contributed by atoms with Crippen LogP contribution < -0.4 is 10.1 Å². The van der Waals surface area contributed by atoms with Crippen molar-refractivity contribution < 1.29 is 23.0 Å². The van der Waals surface area contributed by atoms with E-state index in [0.717, 1.165) is 54.3 Å². The molecule has 5 heterocycles. The minimum Gasteiger partial charge on any atom is -0.474 e. The molecule has 1 saturated heterocycles. The lowest BCUT2D eigenvalue weighted by Gasteiger charge is -2.52. The van der Waals surface area contributed by atoms with Crippen molar-refractivity contribution in [3.8, 4) is 23.2 Å². The SMILES string of the molecule is N#CCC1(n2cc(-c3ncnc4[nH]ccc34)cn2)CC(N2CCC(Oc3cc(CNCCO)cc(C(F)(F)F)n3)CC2)C1. The van der Waals surface area contributed by atoms with Gasteiger partial charge in [-0.05, 0) is 43.4 Å². The number of aliphatic hydroxyl groups is 1. The van der Waals surface area contributed by atoms with E-state index in [1.54, 1.807) is 6.20 Å². The number of nitriles is 1. The molecule has 1 aliphatic carbocycles. The highest BCUT2D eigenvalue weighted by Gasteiger charge is 2.49. The second-order valence-electron chi connectivity index (χ2n) is 11.2. The monoisotopic (exact) mass is 595 g/mol. The fourth-order valence-electron chi connectivity index (χ4n) is 6.15. The van der Waals surface area contributed by atoms with Gasteiger partial charge in [0.2, 0.25) is 5.88 Å². The van der Waals surface area contributed by atoms with E-state index in [4.69, 9.17) is 9.84 Å². The molecule has 0 amide bonds. The van der Waals surface area contributed by atoms with Crippen LogP contribution in [-0.2, 0) is 18.3 Å². The number of rotatable bonds is 10. The van der Waals surface area contributed by atoms with E-state index < -0.39 is 17.4 Å². The van der Waals surface area contributed by atoms with Crippen molar-refractivity contribution in [2.45, 2.75) is 62.5 Å². The molecule has 1 saturated carbocycles. The van der Waals surface area contributed by atoms with Gasteiger partial charge in [-0.2, -0.15) is 23.5 Å². The largest absolute Gasteiger partial charge is 0.474 e. The number of aromatic nitrogens is 6. The Balaban J connectivity index is 1.08. The Hall–Kier alpha value is -4.06. The standard InChI is InChI=1S/C29H32F3N9O2/c30-29(31,32)24-11-19(15-34-7-10-42)12-25(39-24)43-22-2-8-40(9-3-22)21-13-28(14-21,4-5-33)41-17-20(16-38-41)26-23-1-6-35-27(23)37-18-36-26/h1,6,11-12,16-18,21-22,34,42H,2-4,7-10,13-15H2,(H,35,36,37). The molecule has 6 rings (SSSR count). The van der Waals surface area contributed by atoms with Gasteiger partial charge in [0.1, 0.15) is 23.8 Å². The van der Waals surface area contributed by atoms with Crippen molar-refractivity contribution in [1.29, 1.82) is 5.26 Å². The van der Waals surface area contributed by atoms with Gasteiger partial charge < -0.3 is 20.1 Å². The van der Waals surface area contributed by atoms with Crippen LogP contribution in [0, 0.1) is 11.3 Å². The fourth-order valence-corrected chi connectivity index (χ4v) is 6.15. The minimum absolute atomic E-state index is 0.0409. The summed E-state index contributed by atoms with van der Waals surface area (Å²) in [7, 11) is 0. The molecule has 4 aromatic heterocycles. The summed E-state index contributed by atoms with van der Waals surface area (Å²) in [5.41, 5.74) is 1.39. The van der Waals surface area contributed by atoms with Crippen LogP contribution >= 0.6 is 0 Å². The molecule has 2 fully saturated rings. The summed E-state index contributed by atoms with van der Waals surface area (Å²) in [6.07, 6.45) is 5.43.